The van der Waals surface area contributed by atoms with Crippen LogP contribution in [0.5, 0.6) is 5.75 Å². The summed E-state index contributed by atoms with van der Waals surface area (Å²) in [6, 6.07) is 3.45. The van der Waals surface area contributed by atoms with Crippen LogP contribution in [0.3, 0.4) is 0 Å². The molecule has 0 aliphatic heterocycles. The summed E-state index contributed by atoms with van der Waals surface area (Å²) in [5, 5.41) is 45.0. The normalized spacial score (nSPS) is 35.7. The molecule has 3 aliphatic carbocycles. The fourth-order valence-corrected chi connectivity index (χ4v) is 6.74. The number of fused-ring (bicyclic) bond motifs is 3. The Morgan fingerprint density at radius 3 is 2.42 bits per heavy atom. The van der Waals surface area contributed by atoms with Gasteiger partial charge in [0.05, 0.1) is 11.7 Å². The number of nitrogens with zero attached hydrogens (tertiary/aromatic N) is 1. The van der Waals surface area contributed by atoms with Crippen LogP contribution in [0.15, 0.2) is 42.2 Å². The van der Waals surface area contributed by atoms with E-state index in [2.05, 4.69) is 6.58 Å². The molecule has 10 heteroatoms. The van der Waals surface area contributed by atoms with E-state index >= 15 is 0 Å². The summed E-state index contributed by atoms with van der Waals surface area (Å²) in [5.74, 6) is -10.4. The number of aliphatic hydroxyl groups excluding tert-OH is 2. The second kappa shape index (κ2) is 8.65. The van der Waals surface area contributed by atoms with Gasteiger partial charge in [-0.15, -0.1) is 0 Å². The van der Waals surface area contributed by atoms with Crippen LogP contribution in [0, 0.1) is 23.7 Å². The van der Waals surface area contributed by atoms with Gasteiger partial charge in [-0.3, -0.25) is 19.2 Å². The summed E-state index contributed by atoms with van der Waals surface area (Å²) < 4.78 is 0. The van der Waals surface area contributed by atoms with Crippen molar-refractivity contribution in [3.05, 3.63) is 53.3 Å². The van der Waals surface area contributed by atoms with Gasteiger partial charge in [0.2, 0.25) is 5.91 Å². The first-order chi connectivity index (χ1) is 16.8. The van der Waals surface area contributed by atoms with E-state index in [4.69, 9.17) is 5.73 Å². The van der Waals surface area contributed by atoms with Crippen molar-refractivity contribution in [3.63, 3.8) is 0 Å². The van der Waals surface area contributed by atoms with Gasteiger partial charge in [-0.2, -0.15) is 0 Å². The minimum Gasteiger partial charge on any atom is -0.508 e. The zero-order chi connectivity index (χ0) is 26.9. The third kappa shape index (κ3) is 3.28. The molecule has 0 bridgehead atoms. The molecule has 36 heavy (non-hydrogen) atoms. The van der Waals surface area contributed by atoms with E-state index in [1.54, 1.807) is 33.2 Å². The predicted molar refractivity (Wildman–Crippen MR) is 127 cm³/mol. The Hall–Kier alpha value is -3.34. The van der Waals surface area contributed by atoms with Crippen LogP contribution in [-0.2, 0) is 14.4 Å². The van der Waals surface area contributed by atoms with Crippen molar-refractivity contribution in [3.8, 4) is 5.75 Å². The quantitative estimate of drug-likeness (QED) is 0.280. The average molecular weight is 499 g/mol. The number of primary amides is 1. The highest BCUT2D eigenvalue weighted by Crippen LogP contribution is 2.58. The maximum Gasteiger partial charge on any atom is 0.230 e. The van der Waals surface area contributed by atoms with Crippen LogP contribution in [0.1, 0.15) is 35.2 Å². The summed E-state index contributed by atoms with van der Waals surface area (Å²) in [6.45, 7) is 5.27. The number of likely N-dealkylation sites (N-methyl/N-ethyl adjacent to an activating group) is 1. The molecule has 8 atom stereocenters. The number of rotatable bonds is 5. The molecular formula is C26H30N2O8. The Morgan fingerprint density at radius 1 is 1.22 bits per heavy atom. The zero-order valence-electron chi connectivity index (χ0n) is 20.2. The number of nitrogens with two attached hydrogens (primary N) is 1. The first-order valence-corrected chi connectivity index (χ1v) is 11.7. The Balaban J connectivity index is 2.09. The van der Waals surface area contributed by atoms with Crippen molar-refractivity contribution >= 4 is 23.3 Å². The third-order valence-corrected chi connectivity index (χ3v) is 8.21. The van der Waals surface area contributed by atoms with Gasteiger partial charge in [-0.05, 0) is 43.6 Å². The van der Waals surface area contributed by atoms with Gasteiger partial charge in [0.15, 0.2) is 23.0 Å². The number of aliphatic hydroxyl groups is 3. The third-order valence-electron chi connectivity index (χ3n) is 8.21. The van der Waals surface area contributed by atoms with Crippen molar-refractivity contribution in [2.75, 3.05) is 14.1 Å². The molecule has 0 heterocycles. The minimum atomic E-state index is -2.79. The van der Waals surface area contributed by atoms with Gasteiger partial charge in [0.1, 0.15) is 17.4 Å². The number of aromatic hydroxyl groups is 1. The highest BCUT2D eigenvalue weighted by Gasteiger charge is 2.69. The molecule has 1 amide bonds. The van der Waals surface area contributed by atoms with Crippen LogP contribution >= 0.6 is 0 Å². The van der Waals surface area contributed by atoms with Gasteiger partial charge in [-0.25, -0.2) is 0 Å². The number of carbonyl (C=O) groups excluding carboxylic acids is 4. The monoisotopic (exact) mass is 498 g/mol. The lowest BCUT2D eigenvalue weighted by Crippen LogP contribution is -2.73. The molecule has 1 saturated carbocycles. The summed E-state index contributed by atoms with van der Waals surface area (Å²) in [7, 11) is 3.13. The molecule has 1 aromatic rings. The number of hydrogen-bond acceptors (Lipinski definition) is 9. The van der Waals surface area contributed by atoms with Gasteiger partial charge >= 0.3 is 0 Å². The smallest absolute Gasteiger partial charge is 0.230 e. The van der Waals surface area contributed by atoms with Crippen molar-refractivity contribution in [2.45, 2.75) is 37.0 Å². The number of allylic oxidation sites excluding steroid dienone is 2. The highest BCUT2D eigenvalue weighted by atomic mass is 16.4. The SMILES string of the molecule is C=CC(=O)C[C@H]1[C@H]2C(=C(O)[C@]3(O)C(=O)C(C(N)=O)C(O)[C@@H](N(C)C)[C@H]13)C(=O)c1c(O)cccc1[C@@H]2C. The van der Waals surface area contributed by atoms with Gasteiger partial charge in [0.25, 0.3) is 0 Å². The molecule has 192 valence electrons. The number of hydrogen-bond donors (Lipinski definition) is 5. The number of amides is 1. The molecule has 4 rings (SSSR count). The fraction of sp³-hybridized carbons (Fsp3) is 0.462. The largest absolute Gasteiger partial charge is 0.508 e. The van der Waals surface area contributed by atoms with E-state index < -0.39 is 76.4 Å². The topological polar surface area (TPSA) is 178 Å². The highest BCUT2D eigenvalue weighted by molar-refractivity contribution is 6.16. The molecule has 3 aliphatic rings. The molecule has 0 radical (unpaired) electrons. The lowest BCUT2D eigenvalue weighted by Gasteiger charge is -2.57. The lowest BCUT2D eigenvalue weighted by atomic mass is 9.49. The zero-order valence-corrected chi connectivity index (χ0v) is 20.2. The van der Waals surface area contributed by atoms with E-state index in [9.17, 15) is 39.6 Å². The maximum atomic E-state index is 13.7. The Kier molecular flexibility index (Phi) is 6.19. The van der Waals surface area contributed by atoms with Gasteiger partial charge in [-0.1, -0.05) is 25.6 Å². The van der Waals surface area contributed by atoms with Gasteiger partial charge < -0.3 is 31.1 Å². The van der Waals surface area contributed by atoms with E-state index in [1.165, 1.54) is 11.0 Å². The summed E-state index contributed by atoms with van der Waals surface area (Å²) in [5.41, 5.74) is 2.75. The summed E-state index contributed by atoms with van der Waals surface area (Å²) >= 11 is 0. The number of phenols is 1. The van der Waals surface area contributed by atoms with Crippen molar-refractivity contribution in [2.24, 2.45) is 29.4 Å². The first-order valence-electron chi connectivity index (χ1n) is 11.7. The van der Waals surface area contributed by atoms with Crippen LogP contribution < -0.4 is 5.73 Å². The lowest BCUT2D eigenvalue weighted by molar-refractivity contribution is -0.187. The minimum absolute atomic E-state index is 0.0717. The number of carbonyl (C=O) groups is 4. The number of benzene rings is 1. The molecule has 0 aromatic heterocycles. The molecule has 6 N–H and O–H groups in total. The van der Waals surface area contributed by atoms with Gasteiger partial charge in [0, 0.05) is 29.9 Å². The first kappa shape index (κ1) is 25.7. The predicted octanol–water partition coefficient (Wildman–Crippen LogP) is 0.218. The second-order valence-electron chi connectivity index (χ2n) is 10.2. The molecule has 2 unspecified atom stereocenters. The van der Waals surface area contributed by atoms with Crippen LogP contribution in [0.2, 0.25) is 0 Å². The molecular weight excluding hydrogens is 468 g/mol. The van der Waals surface area contributed by atoms with Crippen LogP contribution in [0.25, 0.3) is 0 Å². The van der Waals surface area contributed by atoms with E-state index in [0.29, 0.717) is 5.56 Å². The van der Waals surface area contributed by atoms with Crippen molar-refractivity contribution in [1.29, 1.82) is 0 Å². The summed E-state index contributed by atoms with van der Waals surface area (Å²) in [4.78, 5) is 53.7. The molecule has 1 aromatic carbocycles. The van der Waals surface area contributed by atoms with Crippen LogP contribution in [-0.4, -0.2) is 80.4 Å². The molecule has 10 nitrogen and oxygen atoms in total. The Bertz CT molecular complexity index is 1220. The maximum absolute atomic E-state index is 13.7. The van der Waals surface area contributed by atoms with Crippen molar-refractivity contribution < 1.29 is 39.6 Å². The average Bonchev–Trinajstić information content (AvgIpc) is 2.80. The van der Waals surface area contributed by atoms with Crippen LogP contribution in [0.4, 0.5) is 0 Å². The number of phenolic OH excluding ortho intramolecular Hbond substituents is 1. The van der Waals surface area contributed by atoms with E-state index in [1.807, 2.05) is 0 Å². The summed E-state index contributed by atoms with van der Waals surface area (Å²) in [6.07, 6.45) is -0.809. The number of ketones is 3. The van der Waals surface area contributed by atoms with E-state index in [0.717, 1.165) is 6.08 Å². The fourth-order valence-electron chi connectivity index (χ4n) is 6.74. The van der Waals surface area contributed by atoms with E-state index in [-0.39, 0.29) is 23.3 Å². The number of Topliss-reactive ketones (excluding diaryl/α,β-unsaturated/α-hetero) is 2. The molecule has 0 spiro atoms. The van der Waals surface area contributed by atoms with Crippen molar-refractivity contribution in [1.82, 2.24) is 4.90 Å². The Morgan fingerprint density at radius 2 is 1.86 bits per heavy atom. The molecule has 0 saturated heterocycles. The Labute approximate surface area is 207 Å². The second-order valence-corrected chi connectivity index (χ2v) is 10.2. The standard InChI is InChI=1S/C26H30N2O8/c1-5-11(29)9-13-15-10(2)12-7-6-8-14(30)16(12)21(31)17(15)23(33)26(36)19(13)20(28(3)4)22(32)18(24(26)34)25(27)35/h5-8,10,13,15,18-20,22,30,32-33,36H,1,9H2,2-4H3,(H2,27,35)/t10-,13-,15-,18?,19-,20-,22?,26-/m0/s1. The molecule has 1 fully saturated rings.